The molecule has 0 spiro atoms. The number of sulfonamides is 1. The van der Waals surface area contributed by atoms with Crippen molar-refractivity contribution in [2.24, 2.45) is 7.05 Å². The molecule has 0 fully saturated rings. The van der Waals surface area contributed by atoms with Crippen LogP contribution in [0.25, 0.3) is 0 Å². The van der Waals surface area contributed by atoms with Gasteiger partial charge < -0.3 is 0 Å². The summed E-state index contributed by atoms with van der Waals surface area (Å²) in [5.41, 5.74) is 0. The van der Waals surface area contributed by atoms with Gasteiger partial charge in [0, 0.05) is 19.0 Å². The van der Waals surface area contributed by atoms with E-state index in [0.717, 1.165) is 0 Å². The van der Waals surface area contributed by atoms with Gasteiger partial charge in [-0.15, -0.1) is 16.7 Å². The van der Waals surface area contributed by atoms with E-state index in [-0.39, 0.29) is 21.6 Å². The van der Waals surface area contributed by atoms with Gasteiger partial charge in [-0.1, -0.05) is 5.21 Å². The molecule has 0 aliphatic heterocycles. The van der Waals surface area contributed by atoms with E-state index in [1.54, 1.807) is 6.92 Å². The molecule has 1 aromatic heterocycles. The maximum atomic E-state index is 11.7. The lowest BCUT2D eigenvalue weighted by Crippen LogP contribution is -2.30. The van der Waals surface area contributed by atoms with Crippen LogP contribution in [0.3, 0.4) is 0 Å². The van der Waals surface area contributed by atoms with Gasteiger partial charge in [0.1, 0.15) is 0 Å². The molecule has 1 atom stereocenters. The molecule has 1 aromatic rings. The van der Waals surface area contributed by atoms with Crippen LogP contribution in [0.2, 0.25) is 0 Å². The Hall–Kier alpha value is -0.180. The zero-order chi connectivity index (χ0) is 11.6. The SMILES string of the molecule is CC(Cl)CNS(=O)(=O)c1c(Br)nnn1C. The molecular formula is C6H10BrClN4O2S. The van der Waals surface area contributed by atoms with Crippen molar-refractivity contribution in [3.8, 4) is 0 Å². The first kappa shape index (κ1) is 12.9. The summed E-state index contributed by atoms with van der Waals surface area (Å²) in [6, 6.07) is 0. The molecule has 0 bridgehead atoms. The molecule has 86 valence electrons. The second-order valence-corrected chi connectivity index (χ2v) is 6.12. The van der Waals surface area contributed by atoms with E-state index in [2.05, 4.69) is 31.0 Å². The van der Waals surface area contributed by atoms with Crippen molar-refractivity contribution in [3.63, 3.8) is 0 Å². The zero-order valence-electron chi connectivity index (χ0n) is 8.11. The molecule has 1 rings (SSSR count). The number of halogens is 2. The lowest BCUT2D eigenvalue weighted by atomic mass is 10.5. The first-order chi connectivity index (χ1) is 6.84. The van der Waals surface area contributed by atoms with Gasteiger partial charge in [-0.3, -0.25) is 0 Å². The summed E-state index contributed by atoms with van der Waals surface area (Å²) in [5.74, 6) is 0. The number of rotatable bonds is 4. The maximum Gasteiger partial charge on any atom is 0.260 e. The lowest BCUT2D eigenvalue weighted by molar-refractivity contribution is 0.560. The summed E-state index contributed by atoms with van der Waals surface area (Å²) < 4.78 is 27.2. The molecule has 0 amide bonds. The normalized spacial score (nSPS) is 14.1. The van der Waals surface area contributed by atoms with Gasteiger partial charge in [0.05, 0.1) is 0 Å². The van der Waals surface area contributed by atoms with E-state index in [9.17, 15) is 8.42 Å². The molecule has 0 radical (unpaired) electrons. The third kappa shape index (κ3) is 3.13. The lowest BCUT2D eigenvalue weighted by Gasteiger charge is -2.07. The van der Waals surface area contributed by atoms with E-state index >= 15 is 0 Å². The minimum Gasteiger partial charge on any atom is -0.235 e. The van der Waals surface area contributed by atoms with E-state index < -0.39 is 10.0 Å². The fraction of sp³-hybridized carbons (Fsp3) is 0.667. The summed E-state index contributed by atoms with van der Waals surface area (Å²) >= 11 is 8.66. The van der Waals surface area contributed by atoms with Gasteiger partial charge in [0.25, 0.3) is 10.0 Å². The number of hydrogen-bond donors (Lipinski definition) is 1. The molecular weight excluding hydrogens is 308 g/mol. The monoisotopic (exact) mass is 316 g/mol. The Balaban J connectivity index is 2.96. The van der Waals surface area contributed by atoms with Gasteiger partial charge in [0.2, 0.25) is 5.03 Å². The molecule has 1 N–H and O–H groups in total. The molecule has 15 heavy (non-hydrogen) atoms. The summed E-state index contributed by atoms with van der Waals surface area (Å²) in [6.07, 6.45) is 0. The molecule has 1 heterocycles. The summed E-state index contributed by atoms with van der Waals surface area (Å²) in [5, 5.41) is 6.87. The zero-order valence-corrected chi connectivity index (χ0v) is 11.3. The molecule has 0 aromatic carbocycles. The quantitative estimate of drug-likeness (QED) is 0.820. The Kier molecular flexibility index (Phi) is 4.10. The van der Waals surface area contributed by atoms with Crippen molar-refractivity contribution in [1.82, 2.24) is 19.7 Å². The van der Waals surface area contributed by atoms with Crippen LogP contribution in [-0.4, -0.2) is 35.3 Å². The second kappa shape index (κ2) is 4.77. The number of alkyl halides is 1. The number of aryl methyl sites for hydroxylation is 1. The molecule has 0 saturated carbocycles. The van der Waals surface area contributed by atoms with Crippen molar-refractivity contribution < 1.29 is 8.42 Å². The van der Waals surface area contributed by atoms with Gasteiger partial charge in [-0.05, 0) is 22.9 Å². The van der Waals surface area contributed by atoms with E-state index in [1.165, 1.54) is 11.7 Å². The number of nitrogens with one attached hydrogen (secondary N) is 1. The molecule has 1 unspecified atom stereocenters. The molecule has 6 nitrogen and oxygen atoms in total. The molecule has 0 aliphatic carbocycles. The Morgan fingerprint density at radius 3 is 2.67 bits per heavy atom. The van der Waals surface area contributed by atoms with Crippen LogP contribution in [0.5, 0.6) is 0 Å². The standard InChI is InChI=1S/C6H10BrClN4O2S/c1-4(8)3-9-15(13,14)6-5(7)10-11-12(6)2/h4,9H,3H2,1-2H3. The molecule has 0 aliphatic rings. The van der Waals surface area contributed by atoms with Gasteiger partial charge in [-0.25, -0.2) is 17.8 Å². The first-order valence-corrected chi connectivity index (χ1v) is 6.74. The van der Waals surface area contributed by atoms with E-state index in [0.29, 0.717) is 0 Å². The predicted molar refractivity (Wildman–Crippen MR) is 59.2 cm³/mol. The highest BCUT2D eigenvalue weighted by Crippen LogP contribution is 2.17. The predicted octanol–water partition coefficient (Wildman–Crippen LogP) is 0.483. The summed E-state index contributed by atoms with van der Waals surface area (Å²) in [6.45, 7) is 1.85. The second-order valence-electron chi connectivity index (χ2n) is 2.94. The van der Waals surface area contributed by atoms with Crippen LogP contribution < -0.4 is 4.72 Å². The van der Waals surface area contributed by atoms with Crippen LogP contribution in [0.15, 0.2) is 9.63 Å². The number of aromatic nitrogens is 3. The summed E-state index contributed by atoms with van der Waals surface area (Å²) in [4.78, 5) is 0. The number of nitrogens with zero attached hydrogens (tertiary/aromatic N) is 3. The third-order valence-electron chi connectivity index (χ3n) is 1.55. The van der Waals surface area contributed by atoms with Crippen LogP contribution in [0.4, 0.5) is 0 Å². The maximum absolute atomic E-state index is 11.7. The highest BCUT2D eigenvalue weighted by atomic mass is 79.9. The first-order valence-electron chi connectivity index (χ1n) is 4.03. The Morgan fingerprint density at radius 2 is 2.27 bits per heavy atom. The van der Waals surface area contributed by atoms with Gasteiger partial charge >= 0.3 is 0 Å². The van der Waals surface area contributed by atoms with Crippen LogP contribution in [-0.2, 0) is 17.1 Å². The Labute approximate surface area is 101 Å². The van der Waals surface area contributed by atoms with Gasteiger partial charge in [0.15, 0.2) is 4.60 Å². The molecule has 9 heteroatoms. The minimum absolute atomic E-state index is 0.0141. The van der Waals surface area contributed by atoms with Crippen molar-refractivity contribution >= 4 is 37.6 Å². The van der Waals surface area contributed by atoms with Crippen LogP contribution >= 0.6 is 27.5 Å². The fourth-order valence-electron chi connectivity index (χ4n) is 0.901. The topological polar surface area (TPSA) is 76.9 Å². The van der Waals surface area contributed by atoms with Crippen molar-refractivity contribution in [3.05, 3.63) is 4.60 Å². The average molecular weight is 318 g/mol. The highest BCUT2D eigenvalue weighted by molar-refractivity contribution is 9.10. The van der Waals surface area contributed by atoms with Crippen molar-refractivity contribution in [2.45, 2.75) is 17.3 Å². The average Bonchev–Trinajstić information content (AvgIpc) is 2.43. The van der Waals surface area contributed by atoms with Crippen LogP contribution in [0, 0.1) is 0 Å². The number of hydrogen-bond acceptors (Lipinski definition) is 4. The smallest absolute Gasteiger partial charge is 0.235 e. The minimum atomic E-state index is -3.62. The van der Waals surface area contributed by atoms with E-state index in [4.69, 9.17) is 11.6 Å². The largest absolute Gasteiger partial charge is 0.260 e. The highest BCUT2D eigenvalue weighted by Gasteiger charge is 2.23. The Bertz CT molecular complexity index is 424. The van der Waals surface area contributed by atoms with Crippen molar-refractivity contribution in [1.29, 1.82) is 0 Å². The van der Waals surface area contributed by atoms with Crippen molar-refractivity contribution in [2.75, 3.05) is 6.54 Å². The summed E-state index contributed by atoms with van der Waals surface area (Å²) in [7, 11) is -2.12. The van der Waals surface area contributed by atoms with Gasteiger partial charge in [-0.2, -0.15) is 0 Å². The van der Waals surface area contributed by atoms with Crippen LogP contribution in [0.1, 0.15) is 6.92 Å². The molecule has 0 saturated heterocycles. The third-order valence-corrected chi connectivity index (χ3v) is 4.01. The Morgan fingerprint density at radius 1 is 1.67 bits per heavy atom. The fourth-order valence-corrected chi connectivity index (χ4v) is 3.29. The van der Waals surface area contributed by atoms with E-state index in [1.807, 2.05) is 0 Å².